The lowest BCUT2D eigenvalue weighted by Crippen LogP contribution is -2.51. The molecule has 1 saturated carbocycles. The molecule has 3 aliphatic rings. The highest BCUT2D eigenvalue weighted by Gasteiger charge is 2.29. The molecule has 1 N–H and O–H groups in total. The Hall–Kier alpha value is -2.08. The Labute approximate surface area is 180 Å². The highest BCUT2D eigenvalue weighted by atomic mass is 16.2. The van der Waals surface area contributed by atoms with E-state index in [1.54, 1.807) is 0 Å². The third kappa shape index (κ3) is 4.97. The second-order valence-electron chi connectivity index (χ2n) is 9.12. The van der Waals surface area contributed by atoms with Crippen LogP contribution in [0, 0.1) is 12.8 Å². The van der Waals surface area contributed by atoms with Gasteiger partial charge in [-0.25, -0.2) is 0 Å². The van der Waals surface area contributed by atoms with E-state index in [9.17, 15) is 9.59 Å². The average Bonchev–Trinajstić information content (AvgIpc) is 3.48. The normalized spacial score (nSPS) is 20.7. The summed E-state index contributed by atoms with van der Waals surface area (Å²) in [5, 5.41) is 3.13. The third-order valence-corrected chi connectivity index (χ3v) is 6.95. The maximum atomic E-state index is 12.9. The lowest BCUT2D eigenvalue weighted by Gasteiger charge is -2.36. The van der Waals surface area contributed by atoms with Crippen LogP contribution in [0.2, 0.25) is 0 Å². The molecule has 1 aromatic carbocycles. The number of carbonyl (C=O) groups is 2. The van der Waals surface area contributed by atoms with Gasteiger partial charge in [0.15, 0.2) is 0 Å². The fourth-order valence-electron chi connectivity index (χ4n) is 5.11. The van der Waals surface area contributed by atoms with E-state index in [1.165, 1.54) is 25.7 Å². The zero-order chi connectivity index (χ0) is 20.9. The summed E-state index contributed by atoms with van der Waals surface area (Å²) in [5.41, 5.74) is 2.98. The van der Waals surface area contributed by atoms with Crippen molar-refractivity contribution in [2.75, 3.05) is 57.3 Å². The van der Waals surface area contributed by atoms with Crippen molar-refractivity contribution >= 4 is 17.5 Å². The van der Waals surface area contributed by atoms with E-state index in [0.717, 1.165) is 75.5 Å². The summed E-state index contributed by atoms with van der Waals surface area (Å²) in [4.78, 5) is 32.2. The second kappa shape index (κ2) is 9.82. The van der Waals surface area contributed by atoms with Crippen molar-refractivity contribution in [2.45, 2.75) is 45.4 Å². The summed E-state index contributed by atoms with van der Waals surface area (Å²) >= 11 is 0. The van der Waals surface area contributed by atoms with Crippen molar-refractivity contribution in [1.29, 1.82) is 0 Å². The highest BCUT2D eigenvalue weighted by Crippen LogP contribution is 2.27. The SMILES string of the molecule is Cc1ccc(N2CCCC2)c(C(=O)NCCN2CCN(C(=O)C3CCCC3)CC2)c1. The molecule has 0 aromatic heterocycles. The summed E-state index contributed by atoms with van der Waals surface area (Å²) in [7, 11) is 0. The molecular formula is C24H36N4O2. The van der Waals surface area contributed by atoms with Gasteiger partial charge in [0.2, 0.25) is 5.91 Å². The fourth-order valence-corrected chi connectivity index (χ4v) is 5.11. The zero-order valence-electron chi connectivity index (χ0n) is 18.4. The number of rotatable bonds is 6. The first-order valence-corrected chi connectivity index (χ1v) is 11.8. The molecule has 4 rings (SSSR count). The van der Waals surface area contributed by atoms with Gasteiger partial charge < -0.3 is 15.1 Å². The van der Waals surface area contributed by atoms with Crippen molar-refractivity contribution in [1.82, 2.24) is 15.1 Å². The van der Waals surface area contributed by atoms with E-state index in [2.05, 4.69) is 32.1 Å². The van der Waals surface area contributed by atoms with E-state index in [0.29, 0.717) is 12.5 Å². The van der Waals surface area contributed by atoms with Crippen LogP contribution in [-0.4, -0.2) is 74.0 Å². The minimum Gasteiger partial charge on any atom is -0.371 e. The standard InChI is InChI=1S/C24H36N4O2/c1-19-8-9-22(27-11-4-5-12-27)21(18-19)23(29)25-10-13-26-14-16-28(17-15-26)24(30)20-6-2-3-7-20/h8-9,18,20H,2-7,10-17H2,1H3,(H,25,29). The number of hydrogen-bond donors (Lipinski definition) is 1. The van der Waals surface area contributed by atoms with E-state index >= 15 is 0 Å². The molecule has 1 aliphatic carbocycles. The lowest BCUT2D eigenvalue weighted by atomic mass is 10.1. The minimum absolute atomic E-state index is 0.0237. The molecule has 6 nitrogen and oxygen atoms in total. The molecule has 1 aromatic rings. The van der Waals surface area contributed by atoms with Crippen molar-refractivity contribution < 1.29 is 9.59 Å². The first-order chi connectivity index (χ1) is 14.6. The quantitative estimate of drug-likeness (QED) is 0.781. The average molecular weight is 413 g/mol. The zero-order valence-corrected chi connectivity index (χ0v) is 18.4. The van der Waals surface area contributed by atoms with Crippen molar-refractivity contribution in [3.8, 4) is 0 Å². The van der Waals surface area contributed by atoms with Gasteiger partial charge in [0.25, 0.3) is 5.91 Å². The minimum atomic E-state index is 0.0237. The highest BCUT2D eigenvalue weighted by molar-refractivity contribution is 6.00. The monoisotopic (exact) mass is 412 g/mol. The van der Waals surface area contributed by atoms with E-state index in [-0.39, 0.29) is 11.8 Å². The van der Waals surface area contributed by atoms with E-state index < -0.39 is 0 Å². The number of anilines is 1. The summed E-state index contributed by atoms with van der Waals surface area (Å²) in [6, 6.07) is 6.20. The number of aryl methyl sites for hydroxylation is 1. The molecule has 3 fully saturated rings. The lowest BCUT2D eigenvalue weighted by molar-refractivity contribution is -0.137. The number of piperazine rings is 1. The molecule has 2 saturated heterocycles. The van der Waals surface area contributed by atoms with Gasteiger partial charge >= 0.3 is 0 Å². The Kier molecular flexibility index (Phi) is 6.93. The van der Waals surface area contributed by atoms with Crippen molar-refractivity contribution in [3.63, 3.8) is 0 Å². The van der Waals surface area contributed by atoms with E-state index in [1.807, 2.05) is 13.0 Å². The van der Waals surface area contributed by atoms with Gasteiger partial charge in [-0.2, -0.15) is 0 Å². The van der Waals surface area contributed by atoms with Gasteiger partial charge in [0, 0.05) is 64.0 Å². The number of hydrogen-bond acceptors (Lipinski definition) is 4. The van der Waals surface area contributed by atoms with Crippen molar-refractivity contribution in [3.05, 3.63) is 29.3 Å². The van der Waals surface area contributed by atoms with Crippen LogP contribution in [0.15, 0.2) is 18.2 Å². The molecule has 164 valence electrons. The molecule has 0 bridgehead atoms. The molecular weight excluding hydrogens is 376 g/mol. The van der Waals surface area contributed by atoms with Crippen molar-refractivity contribution in [2.24, 2.45) is 5.92 Å². The topological polar surface area (TPSA) is 55.9 Å². The molecule has 0 unspecified atom stereocenters. The molecule has 2 heterocycles. The maximum Gasteiger partial charge on any atom is 0.253 e. The molecule has 30 heavy (non-hydrogen) atoms. The number of nitrogens with one attached hydrogen (secondary N) is 1. The molecule has 0 radical (unpaired) electrons. The predicted octanol–water partition coefficient (Wildman–Crippen LogP) is 2.66. The predicted molar refractivity (Wildman–Crippen MR) is 120 cm³/mol. The van der Waals surface area contributed by atoms with Gasteiger partial charge in [0.05, 0.1) is 5.56 Å². The van der Waals surface area contributed by atoms with Crippen LogP contribution in [0.5, 0.6) is 0 Å². The Morgan fingerprint density at radius 1 is 0.967 bits per heavy atom. The molecule has 2 aliphatic heterocycles. The molecule has 2 amide bonds. The molecule has 6 heteroatoms. The van der Waals surface area contributed by atoms with Crippen LogP contribution in [0.4, 0.5) is 5.69 Å². The van der Waals surface area contributed by atoms with Crippen LogP contribution in [0.25, 0.3) is 0 Å². The van der Waals surface area contributed by atoms with Gasteiger partial charge in [0.1, 0.15) is 0 Å². The Balaban J connectivity index is 1.24. The third-order valence-electron chi connectivity index (χ3n) is 6.95. The molecule has 0 spiro atoms. The summed E-state index contributed by atoms with van der Waals surface area (Å²) in [6.07, 6.45) is 6.95. The summed E-state index contributed by atoms with van der Waals surface area (Å²) in [5.74, 6) is 0.667. The Morgan fingerprint density at radius 3 is 2.37 bits per heavy atom. The van der Waals surface area contributed by atoms with Gasteiger partial charge in [-0.1, -0.05) is 24.5 Å². The van der Waals surface area contributed by atoms with E-state index in [4.69, 9.17) is 0 Å². The van der Waals surface area contributed by atoms with Gasteiger partial charge in [-0.3, -0.25) is 14.5 Å². The Bertz CT molecular complexity index is 746. The van der Waals surface area contributed by atoms with Crippen LogP contribution in [0.1, 0.15) is 54.4 Å². The van der Waals surface area contributed by atoms with Gasteiger partial charge in [-0.05, 0) is 44.7 Å². The summed E-state index contributed by atoms with van der Waals surface area (Å²) in [6.45, 7) is 9.03. The number of nitrogens with zero attached hydrogens (tertiary/aromatic N) is 3. The number of carbonyl (C=O) groups excluding carboxylic acids is 2. The largest absolute Gasteiger partial charge is 0.371 e. The van der Waals surface area contributed by atoms with Gasteiger partial charge in [-0.15, -0.1) is 0 Å². The van der Waals surface area contributed by atoms with Crippen LogP contribution >= 0.6 is 0 Å². The maximum absolute atomic E-state index is 12.9. The summed E-state index contributed by atoms with van der Waals surface area (Å²) < 4.78 is 0. The van der Waals surface area contributed by atoms with Crippen LogP contribution in [-0.2, 0) is 4.79 Å². The second-order valence-corrected chi connectivity index (χ2v) is 9.12. The fraction of sp³-hybridized carbons (Fsp3) is 0.667. The van der Waals surface area contributed by atoms with Crippen LogP contribution < -0.4 is 10.2 Å². The Morgan fingerprint density at radius 2 is 1.67 bits per heavy atom. The number of amides is 2. The first kappa shape index (κ1) is 21.2. The molecule has 0 atom stereocenters. The smallest absolute Gasteiger partial charge is 0.253 e. The number of benzene rings is 1. The first-order valence-electron chi connectivity index (χ1n) is 11.8. The van der Waals surface area contributed by atoms with Crippen LogP contribution in [0.3, 0.4) is 0 Å².